The van der Waals surface area contributed by atoms with E-state index in [1.807, 2.05) is 30.5 Å². The number of aliphatic hydroxyl groups excluding tert-OH is 1. The molecule has 0 saturated carbocycles. The summed E-state index contributed by atoms with van der Waals surface area (Å²) in [7, 11) is 0. The van der Waals surface area contributed by atoms with Crippen LogP contribution in [0.15, 0.2) is 54.7 Å². The van der Waals surface area contributed by atoms with Crippen LogP contribution < -0.4 is 5.32 Å². The number of rotatable bonds is 5. The fraction of sp³-hybridized carbons (Fsp3) is 0.304. The van der Waals surface area contributed by atoms with Crippen LogP contribution in [0.2, 0.25) is 0 Å². The molecule has 3 heterocycles. The first-order chi connectivity index (χ1) is 14.0. The van der Waals surface area contributed by atoms with E-state index in [0.29, 0.717) is 11.7 Å². The van der Waals surface area contributed by atoms with Gasteiger partial charge in [0.25, 0.3) is 0 Å². The zero-order valence-corrected chi connectivity index (χ0v) is 17.8. The van der Waals surface area contributed by atoms with E-state index < -0.39 is 0 Å². The molecule has 5 nitrogen and oxygen atoms in total. The molecule has 1 saturated heterocycles. The number of pyridine rings is 1. The fourth-order valence-corrected chi connectivity index (χ4v) is 4.81. The van der Waals surface area contributed by atoms with Crippen LogP contribution in [0.3, 0.4) is 0 Å². The van der Waals surface area contributed by atoms with E-state index in [-0.39, 0.29) is 18.7 Å². The minimum Gasteiger partial charge on any atom is -0.395 e. The number of hydrogen-bond donors (Lipinski definition) is 2. The minimum absolute atomic E-state index is 0.0341. The van der Waals surface area contributed by atoms with E-state index in [0.717, 1.165) is 11.4 Å². The molecule has 4 rings (SSSR count). The molecule has 150 valence electrons. The number of hydrogen-bond acceptors (Lipinski definition) is 3. The highest BCUT2D eigenvalue weighted by atomic mass is 32.1. The van der Waals surface area contributed by atoms with Crippen LogP contribution in [0.25, 0.3) is 5.69 Å². The van der Waals surface area contributed by atoms with Crippen LogP contribution in [0.4, 0.5) is 0 Å². The Morgan fingerprint density at radius 3 is 2.41 bits per heavy atom. The first-order valence-electron chi connectivity index (χ1n) is 9.87. The molecule has 0 radical (unpaired) electrons. The van der Waals surface area contributed by atoms with E-state index in [2.05, 4.69) is 64.8 Å². The lowest BCUT2D eigenvalue weighted by Crippen LogP contribution is -2.32. The summed E-state index contributed by atoms with van der Waals surface area (Å²) in [6, 6.07) is 16.3. The Kier molecular flexibility index (Phi) is 5.39. The molecule has 2 unspecified atom stereocenters. The zero-order chi connectivity index (χ0) is 20.5. The number of para-hydroxylation sites is 1. The summed E-state index contributed by atoms with van der Waals surface area (Å²) in [5.74, 6) is 0. The number of benzene rings is 1. The Hall–Kier alpha value is -2.70. The number of aromatic nitrogens is 2. The lowest BCUT2D eigenvalue weighted by atomic mass is 9.93. The number of aliphatic hydroxyl groups is 1. The average molecular weight is 407 g/mol. The van der Waals surface area contributed by atoms with Crippen molar-refractivity contribution < 1.29 is 5.11 Å². The summed E-state index contributed by atoms with van der Waals surface area (Å²) >= 11 is 5.65. The third-order valence-corrected chi connectivity index (χ3v) is 6.21. The standard InChI is InChI=1S/C23H26N4OS/c1-15-16(2)27(18-9-5-4-6-10-18)17(3)20(15)22-21(19-11-7-8-12-24-19)25-23(29)26(22)13-14-28/h4-12,21-22,28H,13-14H2,1-3H3,(H,25,29). The first kappa shape index (κ1) is 19.6. The van der Waals surface area contributed by atoms with E-state index >= 15 is 0 Å². The number of thiocarbonyl (C=S) groups is 1. The maximum Gasteiger partial charge on any atom is 0.170 e. The summed E-state index contributed by atoms with van der Waals surface area (Å²) in [5, 5.41) is 13.8. The van der Waals surface area contributed by atoms with Crippen molar-refractivity contribution in [3.8, 4) is 5.69 Å². The van der Waals surface area contributed by atoms with Crippen molar-refractivity contribution in [1.82, 2.24) is 19.8 Å². The highest BCUT2D eigenvalue weighted by molar-refractivity contribution is 7.80. The molecule has 1 fully saturated rings. The normalized spacial score (nSPS) is 18.9. The van der Waals surface area contributed by atoms with Gasteiger partial charge < -0.3 is 19.9 Å². The summed E-state index contributed by atoms with van der Waals surface area (Å²) < 4.78 is 2.30. The highest BCUT2D eigenvalue weighted by Crippen LogP contribution is 2.43. The van der Waals surface area contributed by atoms with Crippen molar-refractivity contribution in [3.05, 3.63) is 82.9 Å². The number of nitrogens with zero attached hydrogens (tertiary/aromatic N) is 3. The summed E-state index contributed by atoms with van der Waals surface area (Å²) in [4.78, 5) is 6.69. The lowest BCUT2D eigenvalue weighted by Gasteiger charge is -2.28. The predicted molar refractivity (Wildman–Crippen MR) is 119 cm³/mol. The van der Waals surface area contributed by atoms with Crippen molar-refractivity contribution in [2.24, 2.45) is 0 Å². The van der Waals surface area contributed by atoms with Crippen LogP contribution >= 0.6 is 12.2 Å². The van der Waals surface area contributed by atoms with Gasteiger partial charge >= 0.3 is 0 Å². The fourth-order valence-electron chi connectivity index (χ4n) is 4.47. The molecule has 1 aliphatic rings. The number of β-amino-alcohol motifs (C(OH)–C–C–N with tert-alkyl or cyclic N) is 1. The van der Waals surface area contributed by atoms with Gasteiger partial charge in [-0.1, -0.05) is 24.3 Å². The number of nitrogens with one attached hydrogen (secondary N) is 1. The third-order valence-electron chi connectivity index (χ3n) is 5.86. The smallest absolute Gasteiger partial charge is 0.170 e. The van der Waals surface area contributed by atoms with E-state index in [4.69, 9.17) is 12.2 Å². The average Bonchev–Trinajstić information content (AvgIpc) is 3.17. The molecular weight excluding hydrogens is 380 g/mol. The molecule has 29 heavy (non-hydrogen) atoms. The molecule has 0 amide bonds. The van der Waals surface area contributed by atoms with Gasteiger partial charge in [-0.2, -0.15) is 0 Å². The molecule has 1 aromatic carbocycles. The monoisotopic (exact) mass is 406 g/mol. The van der Waals surface area contributed by atoms with Gasteiger partial charge in [-0.3, -0.25) is 4.98 Å². The van der Waals surface area contributed by atoms with Gasteiger partial charge in [-0.15, -0.1) is 0 Å². The van der Waals surface area contributed by atoms with Gasteiger partial charge in [0.2, 0.25) is 0 Å². The minimum atomic E-state index is -0.0707. The Labute approximate surface area is 177 Å². The van der Waals surface area contributed by atoms with Crippen molar-refractivity contribution in [3.63, 3.8) is 0 Å². The topological polar surface area (TPSA) is 53.3 Å². The zero-order valence-electron chi connectivity index (χ0n) is 17.0. The Balaban J connectivity index is 1.89. The van der Waals surface area contributed by atoms with Crippen LogP contribution in [0.5, 0.6) is 0 Å². The van der Waals surface area contributed by atoms with Crippen molar-refractivity contribution >= 4 is 17.3 Å². The Bertz CT molecular complexity index is 1020. The van der Waals surface area contributed by atoms with E-state index in [1.54, 1.807) is 0 Å². The van der Waals surface area contributed by atoms with Crippen molar-refractivity contribution in [2.45, 2.75) is 32.9 Å². The van der Waals surface area contributed by atoms with E-state index in [1.165, 1.54) is 22.5 Å². The van der Waals surface area contributed by atoms with Crippen LogP contribution in [-0.2, 0) is 0 Å². The van der Waals surface area contributed by atoms with Gasteiger partial charge in [0.1, 0.15) is 0 Å². The molecule has 1 aliphatic heterocycles. The SMILES string of the molecule is Cc1c(C2C(c3ccccn3)NC(=S)N2CCO)c(C)n(-c2ccccc2)c1C. The predicted octanol–water partition coefficient (Wildman–Crippen LogP) is 3.76. The second-order valence-electron chi connectivity index (χ2n) is 7.42. The molecule has 2 N–H and O–H groups in total. The van der Waals surface area contributed by atoms with Gasteiger partial charge in [0, 0.05) is 35.4 Å². The largest absolute Gasteiger partial charge is 0.395 e. The van der Waals surface area contributed by atoms with Gasteiger partial charge in [0.15, 0.2) is 5.11 Å². The maximum atomic E-state index is 9.69. The Morgan fingerprint density at radius 2 is 1.76 bits per heavy atom. The van der Waals surface area contributed by atoms with Crippen LogP contribution in [0.1, 0.15) is 40.3 Å². The molecule has 6 heteroatoms. The second-order valence-corrected chi connectivity index (χ2v) is 7.81. The Morgan fingerprint density at radius 1 is 1.03 bits per heavy atom. The van der Waals surface area contributed by atoms with Gasteiger partial charge in [-0.25, -0.2) is 0 Å². The second kappa shape index (κ2) is 7.97. The molecule has 2 aromatic heterocycles. The molecular formula is C23H26N4OS. The van der Waals surface area contributed by atoms with Gasteiger partial charge in [0.05, 0.1) is 24.4 Å². The molecule has 2 atom stereocenters. The lowest BCUT2D eigenvalue weighted by molar-refractivity contribution is 0.222. The van der Waals surface area contributed by atoms with E-state index in [9.17, 15) is 5.11 Å². The summed E-state index contributed by atoms with van der Waals surface area (Å²) in [6.07, 6.45) is 1.81. The quantitative estimate of drug-likeness (QED) is 0.632. The summed E-state index contributed by atoms with van der Waals surface area (Å²) in [6.45, 7) is 7.02. The van der Waals surface area contributed by atoms with Gasteiger partial charge in [-0.05, 0) is 62.8 Å². The third kappa shape index (κ3) is 3.32. The highest BCUT2D eigenvalue weighted by Gasteiger charge is 2.42. The molecule has 3 aromatic rings. The molecule has 0 aliphatic carbocycles. The van der Waals surface area contributed by atoms with Crippen LogP contribution in [0, 0.1) is 20.8 Å². The van der Waals surface area contributed by atoms with Crippen molar-refractivity contribution in [1.29, 1.82) is 0 Å². The first-order valence-corrected chi connectivity index (χ1v) is 10.3. The van der Waals surface area contributed by atoms with Crippen molar-refractivity contribution in [2.75, 3.05) is 13.2 Å². The van der Waals surface area contributed by atoms with Crippen LogP contribution in [-0.4, -0.2) is 37.8 Å². The molecule has 0 bridgehead atoms. The summed E-state index contributed by atoms with van der Waals surface area (Å²) in [5.41, 5.74) is 6.98. The maximum absolute atomic E-state index is 9.69. The molecule has 0 spiro atoms.